The number of anilines is 1. The maximum atomic E-state index is 12.4. The Bertz CT molecular complexity index is 760. The lowest BCUT2D eigenvalue weighted by Gasteiger charge is -2.16. The van der Waals surface area contributed by atoms with Gasteiger partial charge in [-0.1, -0.05) is 24.3 Å². The average molecular weight is 351 g/mol. The molecule has 0 saturated heterocycles. The summed E-state index contributed by atoms with van der Waals surface area (Å²) in [5.41, 5.74) is 9.18. The summed E-state index contributed by atoms with van der Waals surface area (Å²) in [5, 5.41) is 3.08. The van der Waals surface area contributed by atoms with E-state index in [1.165, 1.54) is 5.56 Å². The predicted octanol–water partition coefficient (Wildman–Crippen LogP) is 1.90. The molecule has 6 heteroatoms. The molecule has 0 unspecified atom stereocenters. The van der Waals surface area contributed by atoms with Crippen molar-refractivity contribution < 1.29 is 4.79 Å². The largest absolute Gasteiger partial charge is 0.370 e. The maximum absolute atomic E-state index is 12.4. The van der Waals surface area contributed by atoms with Crippen LogP contribution in [0.25, 0.3) is 0 Å². The number of rotatable bonds is 7. The van der Waals surface area contributed by atoms with Gasteiger partial charge in [0.15, 0.2) is 5.96 Å². The second-order valence-corrected chi connectivity index (χ2v) is 6.29. The minimum Gasteiger partial charge on any atom is -0.370 e. The van der Waals surface area contributed by atoms with Gasteiger partial charge >= 0.3 is 0 Å². The summed E-state index contributed by atoms with van der Waals surface area (Å²) in [7, 11) is 0. The van der Waals surface area contributed by atoms with Crippen molar-refractivity contribution in [2.45, 2.75) is 25.7 Å². The van der Waals surface area contributed by atoms with E-state index in [4.69, 9.17) is 5.73 Å². The predicted molar refractivity (Wildman–Crippen MR) is 104 cm³/mol. The van der Waals surface area contributed by atoms with E-state index in [9.17, 15) is 4.79 Å². The number of aliphatic imine (C=N–C) groups is 1. The van der Waals surface area contributed by atoms with Gasteiger partial charge in [0.25, 0.3) is 0 Å². The third-order valence-electron chi connectivity index (χ3n) is 4.43. The summed E-state index contributed by atoms with van der Waals surface area (Å²) >= 11 is 0. The van der Waals surface area contributed by atoms with Crippen LogP contribution < -0.4 is 16.0 Å². The number of nitrogens with one attached hydrogen (secondary N) is 1. The lowest BCUT2D eigenvalue weighted by atomic mass is 10.2. The Morgan fingerprint density at radius 1 is 1.23 bits per heavy atom. The van der Waals surface area contributed by atoms with Gasteiger partial charge in [-0.25, -0.2) is 0 Å². The molecule has 0 radical (unpaired) electrons. The zero-order valence-corrected chi connectivity index (χ0v) is 14.9. The zero-order chi connectivity index (χ0) is 18.2. The summed E-state index contributed by atoms with van der Waals surface area (Å²) in [5.74, 6) is 0.576. The van der Waals surface area contributed by atoms with Gasteiger partial charge < -0.3 is 16.0 Å². The van der Waals surface area contributed by atoms with Crippen LogP contribution in [0.3, 0.4) is 0 Å². The van der Waals surface area contributed by atoms with Crippen LogP contribution in [0.4, 0.5) is 5.69 Å². The molecule has 1 aromatic heterocycles. The number of carbonyl (C=O) groups is 1. The summed E-state index contributed by atoms with van der Waals surface area (Å²) < 4.78 is 0. The van der Waals surface area contributed by atoms with Gasteiger partial charge in [-0.05, 0) is 36.6 Å². The number of hydrogen-bond acceptors (Lipinski definition) is 3. The summed E-state index contributed by atoms with van der Waals surface area (Å²) in [6, 6.07) is 13.9. The normalized spacial score (nSPS) is 13.5. The average Bonchev–Trinajstić information content (AvgIpc) is 3.10. The number of guanidine groups is 1. The maximum Gasteiger partial charge on any atom is 0.227 e. The van der Waals surface area contributed by atoms with Crippen LogP contribution in [-0.2, 0) is 17.6 Å². The number of nitrogens with zero attached hydrogens (tertiary/aromatic N) is 3. The van der Waals surface area contributed by atoms with Crippen LogP contribution in [0.15, 0.2) is 53.7 Å². The number of benzene rings is 1. The summed E-state index contributed by atoms with van der Waals surface area (Å²) in [6.45, 7) is 2.01. The second-order valence-electron chi connectivity index (χ2n) is 6.29. The van der Waals surface area contributed by atoms with Crippen LogP contribution in [0.5, 0.6) is 0 Å². The highest BCUT2D eigenvalue weighted by atomic mass is 16.2. The van der Waals surface area contributed by atoms with Crippen molar-refractivity contribution in [1.82, 2.24) is 10.3 Å². The van der Waals surface area contributed by atoms with Crippen LogP contribution in [0.2, 0.25) is 0 Å². The molecule has 1 aliphatic rings. The van der Waals surface area contributed by atoms with E-state index >= 15 is 0 Å². The van der Waals surface area contributed by atoms with Gasteiger partial charge in [0.05, 0.1) is 0 Å². The fourth-order valence-electron chi connectivity index (χ4n) is 3.08. The highest BCUT2D eigenvalue weighted by Crippen LogP contribution is 2.27. The van der Waals surface area contributed by atoms with E-state index in [2.05, 4.69) is 21.4 Å². The van der Waals surface area contributed by atoms with Crippen LogP contribution >= 0.6 is 0 Å². The Kier molecular flexibility index (Phi) is 6.19. The lowest BCUT2D eigenvalue weighted by Crippen LogP contribution is -2.33. The third-order valence-corrected chi connectivity index (χ3v) is 4.43. The van der Waals surface area contributed by atoms with Gasteiger partial charge in [-0.2, -0.15) is 0 Å². The molecule has 6 nitrogen and oxygen atoms in total. The first-order chi connectivity index (χ1) is 12.7. The smallest absolute Gasteiger partial charge is 0.227 e. The molecule has 3 N–H and O–H groups in total. The molecule has 2 heterocycles. The molecule has 0 spiro atoms. The second kappa shape index (κ2) is 8.99. The van der Waals surface area contributed by atoms with Crippen LogP contribution in [-0.4, -0.2) is 36.5 Å². The number of amides is 1. The van der Waals surface area contributed by atoms with Crippen molar-refractivity contribution in [3.63, 3.8) is 0 Å². The summed E-state index contributed by atoms with van der Waals surface area (Å²) in [6.07, 6.45) is 4.69. The van der Waals surface area contributed by atoms with Crippen molar-refractivity contribution in [3.8, 4) is 0 Å². The topological polar surface area (TPSA) is 83.6 Å². The Morgan fingerprint density at radius 3 is 2.92 bits per heavy atom. The zero-order valence-electron chi connectivity index (χ0n) is 14.9. The fraction of sp³-hybridized carbons (Fsp3) is 0.350. The molecule has 0 fully saturated rings. The van der Waals surface area contributed by atoms with Gasteiger partial charge in [-0.3, -0.25) is 14.8 Å². The van der Waals surface area contributed by atoms with Gasteiger partial charge in [0.2, 0.25) is 5.91 Å². The van der Waals surface area contributed by atoms with Crippen molar-refractivity contribution in [1.29, 1.82) is 0 Å². The molecule has 1 amide bonds. The highest BCUT2D eigenvalue weighted by molar-refractivity contribution is 5.95. The first kappa shape index (κ1) is 17.9. The Labute approximate surface area is 154 Å². The summed E-state index contributed by atoms with van der Waals surface area (Å²) in [4.78, 5) is 22.8. The Balaban J connectivity index is 1.35. The van der Waals surface area contributed by atoms with Crippen molar-refractivity contribution in [3.05, 3.63) is 59.9 Å². The fourth-order valence-corrected chi connectivity index (χ4v) is 3.08. The van der Waals surface area contributed by atoms with Crippen molar-refractivity contribution in [2.24, 2.45) is 10.7 Å². The number of nitrogens with two attached hydrogens (primary N) is 1. The SMILES string of the molecule is NC(=NCCCC(=O)N1CCc2ccccc21)NCCc1ccccn1. The standard InChI is InChI=1S/C20H25N5O/c21-20(24-14-10-17-7-3-4-12-22-17)23-13-5-9-19(26)25-15-11-16-6-1-2-8-18(16)25/h1-4,6-8,12H,5,9-11,13-15H2,(H3,21,23,24). The van der Waals surface area contributed by atoms with Crippen molar-refractivity contribution in [2.75, 3.05) is 24.5 Å². The van der Waals surface area contributed by atoms with Crippen LogP contribution in [0.1, 0.15) is 24.1 Å². The van der Waals surface area contributed by atoms with E-state index in [0.29, 0.717) is 31.9 Å². The molecule has 136 valence electrons. The molecule has 0 saturated carbocycles. The van der Waals surface area contributed by atoms with Gasteiger partial charge in [0, 0.05) is 50.1 Å². The number of hydrogen-bond donors (Lipinski definition) is 2. The number of para-hydroxylation sites is 1. The number of fused-ring (bicyclic) bond motifs is 1. The van der Waals surface area contributed by atoms with E-state index in [-0.39, 0.29) is 5.91 Å². The van der Waals surface area contributed by atoms with E-state index in [0.717, 1.165) is 30.8 Å². The monoisotopic (exact) mass is 351 g/mol. The van der Waals surface area contributed by atoms with Crippen molar-refractivity contribution >= 4 is 17.6 Å². The molecular weight excluding hydrogens is 326 g/mol. The Hall–Kier alpha value is -2.89. The van der Waals surface area contributed by atoms with Gasteiger partial charge in [-0.15, -0.1) is 0 Å². The molecule has 0 bridgehead atoms. The first-order valence-electron chi connectivity index (χ1n) is 9.06. The molecule has 26 heavy (non-hydrogen) atoms. The lowest BCUT2D eigenvalue weighted by molar-refractivity contribution is -0.118. The quantitative estimate of drug-likeness (QED) is 0.453. The molecule has 0 atom stereocenters. The Morgan fingerprint density at radius 2 is 2.08 bits per heavy atom. The first-order valence-corrected chi connectivity index (χ1v) is 9.06. The number of aromatic nitrogens is 1. The highest BCUT2D eigenvalue weighted by Gasteiger charge is 2.23. The molecular formula is C20H25N5O. The molecule has 1 aliphatic heterocycles. The molecule has 0 aliphatic carbocycles. The number of carbonyl (C=O) groups excluding carboxylic acids is 1. The van der Waals surface area contributed by atoms with E-state index in [1.54, 1.807) is 6.20 Å². The third kappa shape index (κ3) is 4.81. The van der Waals surface area contributed by atoms with Crippen LogP contribution in [0, 0.1) is 0 Å². The minimum absolute atomic E-state index is 0.159. The number of pyridine rings is 1. The molecule has 2 aromatic rings. The van der Waals surface area contributed by atoms with E-state index in [1.807, 2.05) is 41.3 Å². The van der Waals surface area contributed by atoms with Gasteiger partial charge in [0.1, 0.15) is 0 Å². The molecule has 3 rings (SSSR count). The molecule has 1 aromatic carbocycles. The minimum atomic E-state index is 0.159. The van der Waals surface area contributed by atoms with E-state index < -0.39 is 0 Å².